The molecule has 0 aliphatic carbocycles. The van der Waals surface area contributed by atoms with Crippen molar-refractivity contribution in [2.24, 2.45) is 5.73 Å². The molecule has 0 saturated heterocycles. The van der Waals surface area contributed by atoms with Crippen LogP contribution in [-0.4, -0.2) is 5.91 Å². The fourth-order valence-corrected chi connectivity index (χ4v) is 1.80. The van der Waals surface area contributed by atoms with E-state index in [2.05, 4.69) is 15.9 Å². The molecule has 2 N–H and O–H groups in total. The van der Waals surface area contributed by atoms with E-state index in [1.54, 1.807) is 6.07 Å². The summed E-state index contributed by atoms with van der Waals surface area (Å²) in [5.41, 5.74) is 6.80. The third kappa shape index (κ3) is 3.22. The fraction of sp³-hybridized carbons (Fsp3) is 0.0909. The number of nitrogens with two attached hydrogens (primary N) is 1. The second-order valence-electron chi connectivity index (χ2n) is 3.10. The number of carbonyl (C=O) groups excluding carboxylic acids is 1. The summed E-state index contributed by atoms with van der Waals surface area (Å²) in [5, 5.41) is 8.67. The van der Waals surface area contributed by atoms with E-state index < -0.39 is 5.91 Å². The first-order chi connectivity index (χ1) is 7.02. The molecule has 1 aromatic carbocycles. The summed E-state index contributed by atoms with van der Waals surface area (Å²) in [6.45, 7) is 1.93. The minimum atomic E-state index is -0.713. The molecule has 0 radical (unpaired) electrons. The number of halogens is 1. The minimum Gasteiger partial charge on any atom is -0.365 e. The summed E-state index contributed by atoms with van der Waals surface area (Å²) >= 11 is 3.33. The standard InChI is InChI=1S/C11H9BrN2O/c1-7-2-8(5-10(12)3-7)4-9(6-13)11(14)15/h2-5H,1H3,(H2,14,15). The van der Waals surface area contributed by atoms with Crippen LogP contribution in [0.5, 0.6) is 0 Å². The maximum absolute atomic E-state index is 10.8. The molecule has 1 amide bonds. The van der Waals surface area contributed by atoms with Gasteiger partial charge in [-0.05, 0) is 36.3 Å². The third-order valence-corrected chi connectivity index (χ3v) is 2.22. The first-order valence-corrected chi connectivity index (χ1v) is 5.01. The van der Waals surface area contributed by atoms with Gasteiger partial charge >= 0.3 is 0 Å². The van der Waals surface area contributed by atoms with Crippen LogP contribution in [0.25, 0.3) is 6.08 Å². The zero-order valence-corrected chi connectivity index (χ0v) is 9.71. The summed E-state index contributed by atoms with van der Waals surface area (Å²) < 4.78 is 0.899. The van der Waals surface area contributed by atoms with E-state index in [9.17, 15) is 4.79 Å². The average molecular weight is 265 g/mol. The van der Waals surface area contributed by atoms with Crippen LogP contribution in [0.1, 0.15) is 11.1 Å². The number of hydrogen-bond donors (Lipinski definition) is 1. The Bertz CT molecular complexity index is 452. The number of nitrogens with zero attached hydrogens (tertiary/aromatic N) is 1. The number of rotatable bonds is 2. The molecule has 0 unspecified atom stereocenters. The number of amides is 1. The van der Waals surface area contributed by atoms with Crippen molar-refractivity contribution in [1.82, 2.24) is 0 Å². The van der Waals surface area contributed by atoms with Crippen LogP contribution in [0.3, 0.4) is 0 Å². The van der Waals surface area contributed by atoms with E-state index in [1.807, 2.05) is 25.1 Å². The van der Waals surface area contributed by atoms with E-state index in [4.69, 9.17) is 11.0 Å². The lowest BCUT2D eigenvalue weighted by Crippen LogP contribution is -2.12. The maximum atomic E-state index is 10.8. The zero-order valence-electron chi connectivity index (χ0n) is 8.12. The Balaban J connectivity index is 3.18. The summed E-state index contributed by atoms with van der Waals surface area (Å²) in [7, 11) is 0. The quantitative estimate of drug-likeness (QED) is 0.657. The first kappa shape index (κ1) is 11.5. The highest BCUT2D eigenvalue weighted by Crippen LogP contribution is 2.17. The smallest absolute Gasteiger partial charge is 0.259 e. The first-order valence-electron chi connectivity index (χ1n) is 4.21. The van der Waals surface area contributed by atoms with Gasteiger partial charge in [0, 0.05) is 4.47 Å². The van der Waals surface area contributed by atoms with Gasteiger partial charge in [0.25, 0.3) is 5.91 Å². The highest BCUT2D eigenvalue weighted by atomic mass is 79.9. The lowest BCUT2D eigenvalue weighted by Gasteiger charge is -1.99. The molecule has 0 aliphatic heterocycles. The second kappa shape index (κ2) is 4.76. The molecule has 0 saturated carbocycles. The monoisotopic (exact) mass is 264 g/mol. The van der Waals surface area contributed by atoms with Crippen molar-refractivity contribution in [2.45, 2.75) is 6.92 Å². The molecule has 15 heavy (non-hydrogen) atoms. The summed E-state index contributed by atoms with van der Waals surface area (Å²) in [4.78, 5) is 10.8. The highest BCUT2D eigenvalue weighted by Gasteiger charge is 2.03. The Morgan fingerprint density at radius 3 is 2.67 bits per heavy atom. The third-order valence-electron chi connectivity index (χ3n) is 1.76. The predicted molar refractivity (Wildman–Crippen MR) is 61.7 cm³/mol. The van der Waals surface area contributed by atoms with Crippen molar-refractivity contribution < 1.29 is 4.79 Å². The van der Waals surface area contributed by atoms with Gasteiger partial charge in [-0.25, -0.2) is 0 Å². The van der Waals surface area contributed by atoms with Gasteiger partial charge in [-0.2, -0.15) is 5.26 Å². The van der Waals surface area contributed by atoms with E-state index >= 15 is 0 Å². The van der Waals surface area contributed by atoms with Gasteiger partial charge in [-0.15, -0.1) is 0 Å². The van der Waals surface area contributed by atoms with Crippen LogP contribution >= 0.6 is 15.9 Å². The van der Waals surface area contributed by atoms with Gasteiger partial charge in [0.15, 0.2) is 0 Å². The lowest BCUT2D eigenvalue weighted by molar-refractivity contribution is -0.114. The van der Waals surface area contributed by atoms with Crippen LogP contribution in [0.4, 0.5) is 0 Å². The Labute approximate surface area is 96.3 Å². The molecule has 0 spiro atoms. The molecular formula is C11H9BrN2O. The van der Waals surface area contributed by atoms with E-state index in [-0.39, 0.29) is 5.57 Å². The van der Waals surface area contributed by atoms with Crippen LogP contribution in [0, 0.1) is 18.3 Å². The number of carbonyl (C=O) groups is 1. The largest absolute Gasteiger partial charge is 0.365 e. The Kier molecular flexibility index (Phi) is 3.64. The SMILES string of the molecule is Cc1cc(Br)cc(C=C(C#N)C(N)=O)c1. The molecule has 0 atom stereocenters. The average Bonchev–Trinajstić information content (AvgIpc) is 2.12. The summed E-state index contributed by atoms with van der Waals surface area (Å²) in [6, 6.07) is 7.38. The molecule has 4 heteroatoms. The molecule has 1 rings (SSSR count). The molecular weight excluding hydrogens is 256 g/mol. The van der Waals surface area contributed by atoms with E-state index in [0.717, 1.165) is 15.6 Å². The van der Waals surface area contributed by atoms with Gasteiger partial charge in [0.2, 0.25) is 0 Å². The molecule has 0 heterocycles. The summed E-state index contributed by atoms with van der Waals surface area (Å²) in [6.07, 6.45) is 1.47. The highest BCUT2D eigenvalue weighted by molar-refractivity contribution is 9.10. The van der Waals surface area contributed by atoms with Gasteiger partial charge < -0.3 is 5.73 Å². The normalized spacial score (nSPS) is 10.9. The fourth-order valence-electron chi connectivity index (χ4n) is 1.17. The minimum absolute atomic E-state index is 0.0486. The van der Waals surface area contributed by atoms with Crippen LogP contribution < -0.4 is 5.73 Å². The van der Waals surface area contributed by atoms with Crippen LogP contribution in [0.15, 0.2) is 28.2 Å². The molecule has 3 nitrogen and oxygen atoms in total. The Morgan fingerprint density at radius 2 is 2.20 bits per heavy atom. The van der Waals surface area contributed by atoms with Crippen molar-refractivity contribution in [2.75, 3.05) is 0 Å². The predicted octanol–water partition coefficient (Wildman–Crippen LogP) is 2.15. The van der Waals surface area contributed by atoms with Gasteiger partial charge in [0.1, 0.15) is 11.6 Å². The Morgan fingerprint density at radius 1 is 1.53 bits per heavy atom. The molecule has 76 valence electrons. The van der Waals surface area contributed by atoms with Crippen LogP contribution in [0.2, 0.25) is 0 Å². The zero-order chi connectivity index (χ0) is 11.4. The second-order valence-corrected chi connectivity index (χ2v) is 4.01. The molecule has 0 bridgehead atoms. The number of hydrogen-bond acceptors (Lipinski definition) is 2. The van der Waals surface area contributed by atoms with Crippen molar-refractivity contribution >= 4 is 27.9 Å². The number of nitriles is 1. The van der Waals surface area contributed by atoms with Crippen molar-refractivity contribution in [3.8, 4) is 6.07 Å². The van der Waals surface area contributed by atoms with Gasteiger partial charge in [-0.3, -0.25) is 4.79 Å². The van der Waals surface area contributed by atoms with Gasteiger partial charge in [-0.1, -0.05) is 22.0 Å². The molecule has 0 fully saturated rings. The van der Waals surface area contributed by atoms with E-state index in [1.165, 1.54) is 6.08 Å². The van der Waals surface area contributed by atoms with E-state index in [0.29, 0.717) is 0 Å². The topological polar surface area (TPSA) is 66.9 Å². The lowest BCUT2D eigenvalue weighted by atomic mass is 10.1. The number of benzene rings is 1. The van der Waals surface area contributed by atoms with Crippen molar-refractivity contribution in [3.05, 3.63) is 39.4 Å². The molecule has 0 aromatic heterocycles. The number of primary amides is 1. The van der Waals surface area contributed by atoms with Gasteiger partial charge in [0.05, 0.1) is 0 Å². The summed E-state index contributed by atoms with van der Waals surface area (Å²) in [5.74, 6) is -0.713. The Hall–Kier alpha value is -1.60. The van der Waals surface area contributed by atoms with Crippen molar-refractivity contribution in [3.63, 3.8) is 0 Å². The molecule has 1 aromatic rings. The molecule has 0 aliphatic rings. The maximum Gasteiger partial charge on any atom is 0.259 e. The number of aryl methyl sites for hydroxylation is 1. The van der Waals surface area contributed by atoms with Crippen LogP contribution in [-0.2, 0) is 4.79 Å². The van der Waals surface area contributed by atoms with Crippen molar-refractivity contribution in [1.29, 1.82) is 5.26 Å².